The number of rotatable bonds is 5. The lowest BCUT2D eigenvalue weighted by Crippen LogP contribution is -2.13. The van der Waals surface area contributed by atoms with Crippen LogP contribution in [0.5, 0.6) is 0 Å². The second-order valence-corrected chi connectivity index (χ2v) is 6.60. The van der Waals surface area contributed by atoms with Crippen LogP contribution in [0.2, 0.25) is 0 Å². The molecule has 3 aromatic rings. The number of anilines is 1. The number of nitrogens with one attached hydrogen (secondary N) is 1. The maximum atomic E-state index is 12.2. The zero-order chi connectivity index (χ0) is 18.5. The van der Waals surface area contributed by atoms with E-state index < -0.39 is 5.91 Å². The molecular weight excluding hydrogens is 350 g/mol. The highest BCUT2D eigenvalue weighted by molar-refractivity contribution is 7.99. The van der Waals surface area contributed by atoms with Gasteiger partial charge in [-0.3, -0.25) is 4.79 Å². The number of nitriles is 1. The Hall–Kier alpha value is -3.24. The lowest BCUT2D eigenvalue weighted by Gasteiger charge is -1.99. The van der Waals surface area contributed by atoms with Gasteiger partial charge in [0, 0.05) is 17.0 Å². The quantitative estimate of drug-likeness (QED) is 0.525. The number of furan rings is 1. The van der Waals surface area contributed by atoms with Gasteiger partial charge >= 0.3 is 0 Å². The summed E-state index contributed by atoms with van der Waals surface area (Å²) in [6, 6.07) is 15.0. The fourth-order valence-corrected chi connectivity index (χ4v) is 2.87. The van der Waals surface area contributed by atoms with Crippen LogP contribution in [0.1, 0.15) is 17.1 Å². The van der Waals surface area contributed by atoms with Crippen molar-refractivity contribution in [3.8, 4) is 6.07 Å². The lowest BCUT2D eigenvalue weighted by molar-refractivity contribution is -0.112. The number of carbonyl (C=O) groups excluding carboxylic acids is 1. The predicted octanol–water partition coefficient (Wildman–Crippen LogP) is 4.58. The van der Waals surface area contributed by atoms with Crippen molar-refractivity contribution in [3.05, 3.63) is 65.1 Å². The molecule has 1 N–H and O–H groups in total. The highest BCUT2D eigenvalue weighted by atomic mass is 32.2. The highest BCUT2D eigenvalue weighted by Gasteiger charge is 2.13. The van der Waals surface area contributed by atoms with Gasteiger partial charge in [-0.05, 0) is 38.1 Å². The maximum absolute atomic E-state index is 12.2. The van der Waals surface area contributed by atoms with Crippen LogP contribution in [0.15, 0.2) is 67.0 Å². The molecule has 2 aromatic heterocycles. The van der Waals surface area contributed by atoms with Crippen LogP contribution in [0, 0.1) is 25.2 Å². The molecule has 0 unspecified atom stereocenters. The molecule has 0 fully saturated rings. The van der Waals surface area contributed by atoms with Crippen LogP contribution < -0.4 is 5.32 Å². The summed E-state index contributed by atoms with van der Waals surface area (Å²) in [4.78, 5) is 13.2. The average Bonchev–Trinajstić information content (AvgIpc) is 3.23. The maximum Gasteiger partial charge on any atom is 0.267 e. The van der Waals surface area contributed by atoms with Crippen LogP contribution in [-0.2, 0) is 4.79 Å². The van der Waals surface area contributed by atoms with Crippen molar-refractivity contribution in [1.29, 1.82) is 5.26 Å². The Morgan fingerprint density at radius 2 is 2.00 bits per heavy atom. The van der Waals surface area contributed by atoms with Crippen molar-refractivity contribution in [2.45, 2.75) is 23.8 Å². The number of hydrogen-bond donors (Lipinski definition) is 1. The summed E-state index contributed by atoms with van der Waals surface area (Å²) in [5.41, 5.74) is 1.09. The molecule has 0 aliphatic heterocycles. The Morgan fingerprint density at radius 3 is 2.65 bits per heavy atom. The summed E-state index contributed by atoms with van der Waals surface area (Å²) in [5, 5.41) is 16.1. The second-order valence-electron chi connectivity index (χ2n) is 5.52. The molecule has 0 radical (unpaired) electrons. The molecule has 1 amide bonds. The minimum atomic E-state index is -0.579. The van der Waals surface area contributed by atoms with Gasteiger partial charge in [0.25, 0.3) is 5.91 Å². The van der Waals surface area contributed by atoms with Crippen molar-refractivity contribution < 1.29 is 13.7 Å². The first-order valence-electron chi connectivity index (χ1n) is 7.74. The van der Waals surface area contributed by atoms with Crippen LogP contribution >= 0.6 is 11.8 Å². The van der Waals surface area contributed by atoms with Gasteiger partial charge in [-0.2, -0.15) is 5.26 Å². The van der Waals surface area contributed by atoms with E-state index in [4.69, 9.17) is 8.94 Å². The third-order valence-corrected chi connectivity index (χ3v) is 4.29. The Kier molecular flexibility index (Phi) is 5.25. The molecule has 0 spiro atoms. The van der Waals surface area contributed by atoms with Crippen molar-refractivity contribution in [3.63, 3.8) is 0 Å². The zero-order valence-corrected chi connectivity index (χ0v) is 15.0. The third kappa shape index (κ3) is 4.43. The molecule has 26 heavy (non-hydrogen) atoms. The number of nitrogens with zero attached hydrogens (tertiary/aromatic N) is 2. The van der Waals surface area contributed by atoms with Crippen molar-refractivity contribution in [2.24, 2.45) is 0 Å². The van der Waals surface area contributed by atoms with Gasteiger partial charge in [0.1, 0.15) is 23.2 Å². The number of hydrogen-bond acceptors (Lipinski definition) is 6. The minimum absolute atomic E-state index is 0.0908. The largest absolute Gasteiger partial charge is 0.450 e. The van der Waals surface area contributed by atoms with Gasteiger partial charge in [0.15, 0.2) is 10.9 Å². The van der Waals surface area contributed by atoms with E-state index >= 15 is 0 Å². The summed E-state index contributed by atoms with van der Waals surface area (Å²) in [6.45, 7) is 3.73. The zero-order valence-electron chi connectivity index (χ0n) is 14.1. The summed E-state index contributed by atoms with van der Waals surface area (Å²) in [7, 11) is 0. The van der Waals surface area contributed by atoms with E-state index in [1.165, 1.54) is 23.4 Å². The van der Waals surface area contributed by atoms with Crippen molar-refractivity contribution in [2.75, 3.05) is 5.32 Å². The van der Waals surface area contributed by atoms with Gasteiger partial charge in [-0.1, -0.05) is 34.6 Å². The molecule has 7 heteroatoms. The number of benzene rings is 1. The van der Waals surface area contributed by atoms with Crippen molar-refractivity contribution >= 4 is 29.6 Å². The fraction of sp³-hybridized carbons (Fsp3) is 0.105. The molecule has 1 aromatic carbocycles. The van der Waals surface area contributed by atoms with Gasteiger partial charge in [0.05, 0.1) is 0 Å². The van der Waals surface area contributed by atoms with E-state index in [1.807, 2.05) is 37.3 Å². The summed E-state index contributed by atoms with van der Waals surface area (Å²) >= 11 is 1.46. The normalized spacial score (nSPS) is 11.2. The Labute approximate surface area is 154 Å². The second kappa shape index (κ2) is 7.76. The molecule has 0 saturated carbocycles. The Morgan fingerprint density at radius 1 is 1.23 bits per heavy atom. The van der Waals surface area contributed by atoms with E-state index in [-0.39, 0.29) is 11.4 Å². The van der Waals surface area contributed by atoms with Crippen LogP contribution in [0.4, 0.5) is 5.82 Å². The summed E-state index contributed by atoms with van der Waals surface area (Å²) in [5.74, 6) is 0.655. The van der Waals surface area contributed by atoms with E-state index in [0.717, 1.165) is 4.90 Å². The summed E-state index contributed by atoms with van der Waals surface area (Å²) < 4.78 is 10.6. The monoisotopic (exact) mass is 365 g/mol. The Bertz CT molecular complexity index is 994. The topological polar surface area (TPSA) is 92.1 Å². The first-order valence-corrected chi connectivity index (χ1v) is 8.56. The SMILES string of the molecule is Cc1ccc(Sc2ccc(/C=C(/C#N)C(=O)Nc3cc(C)on3)o2)cc1. The summed E-state index contributed by atoms with van der Waals surface area (Å²) in [6.07, 6.45) is 1.39. The van der Waals surface area contributed by atoms with E-state index in [2.05, 4.69) is 10.5 Å². The molecule has 0 aliphatic carbocycles. The average molecular weight is 365 g/mol. The van der Waals surface area contributed by atoms with Gasteiger partial charge in [-0.15, -0.1) is 0 Å². The van der Waals surface area contributed by atoms with E-state index in [1.54, 1.807) is 25.1 Å². The molecule has 3 rings (SSSR count). The number of aromatic nitrogens is 1. The molecule has 130 valence electrons. The molecular formula is C19H15N3O3S. The molecule has 0 saturated heterocycles. The lowest BCUT2D eigenvalue weighted by atomic mass is 10.2. The standard InChI is InChI=1S/C19H15N3O3S/c1-12-3-6-16(7-4-12)26-18-8-5-15(24-18)10-14(11-20)19(23)21-17-9-13(2)25-22-17/h3-10H,1-2H3,(H,21,22,23)/b14-10-. The molecule has 0 bridgehead atoms. The van der Waals surface area contributed by atoms with Gasteiger partial charge in [0.2, 0.25) is 0 Å². The highest BCUT2D eigenvalue weighted by Crippen LogP contribution is 2.30. The predicted molar refractivity (Wildman–Crippen MR) is 97.5 cm³/mol. The van der Waals surface area contributed by atoms with Crippen LogP contribution in [-0.4, -0.2) is 11.1 Å². The number of carbonyl (C=O) groups is 1. The molecule has 0 aliphatic rings. The van der Waals surface area contributed by atoms with E-state index in [9.17, 15) is 10.1 Å². The minimum Gasteiger partial charge on any atom is -0.450 e. The smallest absolute Gasteiger partial charge is 0.267 e. The van der Waals surface area contributed by atoms with Crippen LogP contribution in [0.3, 0.4) is 0 Å². The molecule has 0 atom stereocenters. The number of aryl methyl sites for hydroxylation is 2. The first kappa shape index (κ1) is 17.6. The Balaban J connectivity index is 1.71. The van der Waals surface area contributed by atoms with E-state index in [0.29, 0.717) is 16.6 Å². The molecule has 2 heterocycles. The molecule has 6 nitrogen and oxygen atoms in total. The third-order valence-electron chi connectivity index (χ3n) is 3.36. The van der Waals surface area contributed by atoms with Gasteiger partial charge in [-0.25, -0.2) is 0 Å². The first-order chi connectivity index (χ1) is 12.5. The van der Waals surface area contributed by atoms with Crippen LogP contribution in [0.25, 0.3) is 6.08 Å². The number of amides is 1. The fourth-order valence-electron chi connectivity index (χ4n) is 2.09. The van der Waals surface area contributed by atoms with Gasteiger partial charge < -0.3 is 14.3 Å². The van der Waals surface area contributed by atoms with Crippen molar-refractivity contribution in [1.82, 2.24) is 5.16 Å².